The number of carbonyl (C=O) groups excluding carboxylic acids is 1. The van der Waals surface area contributed by atoms with Crippen molar-refractivity contribution in [2.24, 2.45) is 0 Å². The summed E-state index contributed by atoms with van der Waals surface area (Å²) in [6, 6.07) is 8.40. The van der Waals surface area contributed by atoms with Gasteiger partial charge in [0.25, 0.3) is 0 Å². The van der Waals surface area contributed by atoms with Gasteiger partial charge in [0, 0.05) is 17.8 Å². The number of ether oxygens (including phenoxy) is 1. The van der Waals surface area contributed by atoms with Gasteiger partial charge < -0.3 is 15.2 Å². The Bertz CT molecular complexity index is 901. The van der Waals surface area contributed by atoms with Crippen molar-refractivity contribution in [3.05, 3.63) is 29.8 Å². The first-order valence-electron chi connectivity index (χ1n) is 10.6. The van der Waals surface area contributed by atoms with Crippen molar-refractivity contribution in [1.82, 2.24) is 10.0 Å². The highest BCUT2D eigenvalue weighted by atomic mass is 16.6. The molecule has 0 radical (unpaired) electrons. The molecule has 2 unspecified atom stereocenters. The summed E-state index contributed by atoms with van der Waals surface area (Å²) in [5, 5.41) is 25.8. The van der Waals surface area contributed by atoms with Crippen molar-refractivity contribution in [2.75, 3.05) is 18.4 Å². The first-order chi connectivity index (χ1) is 14.9. The number of hydrazine groups is 1. The van der Waals surface area contributed by atoms with Crippen LogP contribution in [-0.4, -0.2) is 63.4 Å². The molecule has 0 aliphatic carbocycles. The number of hydrogen-bond acceptors (Lipinski definition) is 7. The Morgan fingerprint density at radius 3 is 2.44 bits per heavy atom. The number of nitrogens with one attached hydrogen (secondary N) is 1. The van der Waals surface area contributed by atoms with Crippen LogP contribution in [0.5, 0.6) is 0 Å². The number of nitrogens with zero attached hydrogens (tertiary/aromatic N) is 3. The number of carboxylic acid groups (broad SMARTS) is 1. The summed E-state index contributed by atoms with van der Waals surface area (Å²) in [6.07, 6.45) is 6.88. The third-order valence-corrected chi connectivity index (χ3v) is 5.21. The van der Waals surface area contributed by atoms with Crippen LogP contribution in [0.15, 0.2) is 24.3 Å². The molecule has 8 heteroatoms. The number of benzene rings is 1. The zero-order valence-corrected chi connectivity index (χ0v) is 19.4. The minimum atomic E-state index is -1.02. The van der Waals surface area contributed by atoms with E-state index in [0.29, 0.717) is 30.6 Å². The van der Waals surface area contributed by atoms with Crippen LogP contribution >= 0.6 is 0 Å². The van der Waals surface area contributed by atoms with Gasteiger partial charge >= 0.3 is 11.9 Å². The quantitative estimate of drug-likeness (QED) is 0.469. The van der Waals surface area contributed by atoms with E-state index >= 15 is 0 Å². The molecule has 0 spiro atoms. The predicted molar refractivity (Wildman–Crippen MR) is 122 cm³/mol. The van der Waals surface area contributed by atoms with Gasteiger partial charge in [0.1, 0.15) is 18.2 Å². The Kier molecular flexibility index (Phi) is 7.90. The number of hydrogen-bond donors (Lipinski definition) is 2. The second-order valence-corrected chi connectivity index (χ2v) is 9.45. The van der Waals surface area contributed by atoms with Gasteiger partial charge in [-0.3, -0.25) is 4.79 Å². The topological polar surface area (TPSA) is 106 Å². The molecular formula is C24H32N4O4. The number of rotatable bonds is 8. The molecule has 2 atom stereocenters. The average Bonchev–Trinajstić information content (AvgIpc) is 3.12. The largest absolute Gasteiger partial charge is 0.480 e. The van der Waals surface area contributed by atoms with E-state index in [9.17, 15) is 20.0 Å². The highest BCUT2D eigenvalue weighted by Crippen LogP contribution is 2.31. The van der Waals surface area contributed by atoms with E-state index < -0.39 is 29.1 Å². The number of para-hydroxylation sites is 1. The smallest absolute Gasteiger partial charge is 0.340 e. The van der Waals surface area contributed by atoms with Crippen molar-refractivity contribution in [3.8, 4) is 18.4 Å². The van der Waals surface area contributed by atoms with E-state index in [1.54, 1.807) is 55.1 Å². The normalized spacial score (nSPS) is 19.2. The Balaban J connectivity index is 2.29. The molecule has 0 saturated carbocycles. The van der Waals surface area contributed by atoms with Crippen LogP contribution in [0.1, 0.15) is 57.8 Å². The van der Waals surface area contributed by atoms with E-state index in [1.165, 1.54) is 0 Å². The molecule has 1 aromatic rings. The van der Waals surface area contributed by atoms with Gasteiger partial charge in [-0.1, -0.05) is 18.1 Å². The van der Waals surface area contributed by atoms with Crippen molar-refractivity contribution >= 4 is 17.6 Å². The molecular weight excluding hydrogens is 408 g/mol. The molecule has 1 aliphatic rings. The molecule has 0 aromatic heterocycles. The maximum Gasteiger partial charge on any atom is 0.340 e. The molecule has 2 N–H and O–H groups in total. The standard InChI is InChI=1S/C24H32N4O4/c1-7-17-12-13-18(14-25)28(17)27(15-21(29)30)24(5,6)16-26-20-11-9-8-10-19(20)22(31)32-23(2,3)4/h1,8-11,17-18,26H,12-13,15-16H2,2-6H3,(H,29,30). The highest BCUT2D eigenvalue weighted by molar-refractivity contribution is 5.95. The van der Waals surface area contributed by atoms with E-state index in [2.05, 4.69) is 17.3 Å². The second kappa shape index (κ2) is 10.0. The van der Waals surface area contributed by atoms with Gasteiger partial charge in [0.2, 0.25) is 0 Å². The van der Waals surface area contributed by atoms with Crippen molar-refractivity contribution in [3.63, 3.8) is 0 Å². The summed E-state index contributed by atoms with van der Waals surface area (Å²) in [5.74, 6) is 1.21. The zero-order chi connectivity index (χ0) is 24.1. The van der Waals surface area contributed by atoms with Crippen LogP contribution < -0.4 is 5.32 Å². The number of esters is 1. The third kappa shape index (κ3) is 6.23. The minimum Gasteiger partial charge on any atom is -0.480 e. The lowest BCUT2D eigenvalue weighted by molar-refractivity contribution is -0.155. The van der Waals surface area contributed by atoms with Crippen molar-refractivity contribution in [1.29, 1.82) is 5.26 Å². The third-order valence-electron chi connectivity index (χ3n) is 5.21. The molecule has 1 fully saturated rings. The molecule has 1 heterocycles. The number of nitriles is 1. The average molecular weight is 441 g/mol. The molecule has 1 aliphatic heterocycles. The number of carboxylic acids is 1. The maximum absolute atomic E-state index is 12.6. The van der Waals surface area contributed by atoms with Crippen molar-refractivity contribution in [2.45, 2.75) is 70.7 Å². The van der Waals surface area contributed by atoms with Gasteiger partial charge in [0.05, 0.1) is 17.7 Å². The van der Waals surface area contributed by atoms with Gasteiger partial charge in [-0.2, -0.15) is 5.26 Å². The fourth-order valence-corrected chi connectivity index (χ4v) is 3.70. The summed E-state index contributed by atoms with van der Waals surface area (Å²) in [6.45, 7) is 9.15. The zero-order valence-electron chi connectivity index (χ0n) is 19.4. The first-order valence-corrected chi connectivity index (χ1v) is 10.6. The first kappa shape index (κ1) is 25.2. The summed E-state index contributed by atoms with van der Waals surface area (Å²) in [4.78, 5) is 24.3. The van der Waals surface area contributed by atoms with Gasteiger partial charge in [-0.05, 0) is 59.6 Å². The summed E-state index contributed by atoms with van der Waals surface area (Å²) < 4.78 is 5.50. The summed E-state index contributed by atoms with van der Waals surface area (Å²) in [5.41, 5.74) is -0.403. The SMILES string of the molecule is C#CC1CCC(C#N)N1N(CC(=O)O)C(C)(C)CNc1ccccc1C(=O)OC(C)(C)C. The Hall–Kier alpha value is -3.07. The molecule has 2 rings (SSSR count). The Morgan fingerprint density at radius 1 is 1.25 bits per heavy atom. The lowest BCUT2D eigenvalue weighted by atomic mass is 10.0. The number of carbonyl (C=O) groups is 2. The van der Waals surface area contributed by atoms with Crippen LogP contribution in [-0.2, 0) is 9.53 Å². The number of terminal acetylenes is 1. The molecule has 0 amide bonds. The van der Waals surface area contributed by atoms with Crippen LogP contribution in [0.2, 0.25) is 0 Å². The van der Waals surface area contributed by atoms with Crippen LogP contribution in [0.25, 0.3) is 0 Å². The van der Waals surface area contributed by atoms with Crippen LogP contribution in [0, 0.1) is 23.7 Å². The Labute approximate surface area is 190 Å². The molecule has 0 bridgehead atoms. The minimum absolute atomic E-state index is 0.298. The van der Waals surface area contributed by atoms with Crippen LogP contribution in [0.3, 0.4) is 0 Å². The number of anilines is 1. The number of aliphatic carboxylic acids is 1. The molecule has 1 saturated heterocycles. The lowest BCUT2D eigenvalue weighted by Crippen LogP contribution is -2.61. The van der Waals surface area contributed by atoms with Crippen LogP contribution in [0.4, 0.5) is 5.69 Å². The van der Waals surface area contributed by atoms with Gasteiger partial charge in [-0.25, -0.2) is 14.8 Å². The molecule has 8 nitrogen and oxygen atoms in total. The highest BCUT2D eigenvalue weighted by Gasteiger charge is 2.43. The van der Waals surface area contributed by atoms with Gasteiger partial charge in [-0.15, -0.1) is 6.42 Å². The van der Waals surface area contributed by atoms with E-state index in [4.69, 9.17) is 11.2 Å². The van der Waals surface area contributed by atoms with E-state index in [0.717, 1.165) is 0 Å². The van der Waals surface area contributed by atoms with Crippen molar-refractivity contribution < 1.29 is 19.4 Å². The molecule has 32 heavy (non-hydrogen) atoms. The fraction of sp³-hybridized carbons (Fsp3) is 0.542. The maximum atomic E-state index is 12.6. The van der Waals surface area contributed by atoms with E-state index in [-0.39, 0.29) is 12.6 Å². The second-order valence-electron chi connectivity index (χ2n) is 9.45. The fourth-order valence-electron chi connectivity index (χ4n) is 3.70. The monoisotopic (exact) mass is 440 g/mol. The predicted octanol–water partition coefficient (Wildman–Crippen LogP) is 3.12. The lowest BCUT2D eigenvalue weighted by Gasteiger charge is -2.45. The summed E-state index contributed by atoms with van der Waals surface area (Å²) >= 11 is 0. The van der Waals surface area contributed by atoms with Gasteiger partial charge in [0.15, 0.2) is 0 Å². The Morgan fingerprint density at radius 2 is 1.88 bits per heavy atom. The molecule has 172 valence electrons. The van der Waals surface area contributed by atoms with E-state index in [1.807, 2.05) is 13.8 Å². The molecule has 1 aromatic carbocycles. The summed E-state index contributed by atoms with van der Waals surface area (Å²) in [7, 11) is 0.